The van der Waals surface area contributed by atoms with Crippen molar-refractivity contribution in [3.8, 4) is 0 Å². The molecule has 0 saturated heterocycles. The summed E-state index contributed by atoms with van der Waals surface area (Å²) in [6.45, 7) is 0. The fraction of sp³-hybridized carbons (Fsp3) is 0. The molecule has 0 spiro atoms. The minimum Gasteiger partial charge on any atom is -0.394 e. The van der Waals surface area contributed by atoms with Crippen molar-refractivity contribution in [1.82, 2.24) is 4.98 Å². The average molecular weight is 223 g/mol. The molecule has 1 aromatic heterocycles. The first-order valence-electron chi connectivity index (χ1n) is 4.19. The quantitative estimate of drug-likeness (QED) is 0.720. The molecule has 0 unspecified atom stereocenters. The van der Waals surface area contributed by atoms with Gasteiger partial charge in [0, 0.05) is 15.9 Å². The molecule has 0 aliphatic carbocycles. The number of carbonyl (C=O) groups is 1. The molecule has 4 nitrogen and oxygen atoms in total. The van der Waals surface area contributed by atoms with Crippen LogP contribution in [0.15, 0.2) is 23.0 Å². The SMILES string of the molecule is Nc1c(C=O)c2cc(Cl)ccc2[nH]c1=O. The van der Waals surface area contributed by atoms with Crippen LogP contribution in [0.25, 0.3) is 10.9 Å². The number of nitrogens with one attached hydrogen (secondary N) is 1. The predicted octanol–water partition coefficient (Wildman–Crippen LogP) is 1.58. The van der Waals surface area contributed by atoms with Gasteiger partial charge in [0.05, 0.1) is 5.56 Å². The molecule has 1 aromatic carbocycles. The van der Waals surface area contributed by atoms with Crippen molar-refractivity contribution in [2.75, 3.05) is 5.73 Å². The maximum absolute atomic E-state index is 11.3. The van der Waals surface area contributed by atoms with Gasteiger partial charge in [-0.05, 0) is 18.2 Å². The van der Waals surface area contributed by atoms with Crippen LogP contribution in [0.5, 0.6) is 0 Å². The number of aromatic amines is 1. The number of nitrogen functional groups attached to an aromatic ring is 1. The number of rotatable bonds is 1. The molecular weight excluding hydrogens is 216 g/mol. The minimum absolute atomic E-state index is 0.0835. The molecule has 15 heavy (non-hydrogen) atoms. The van der Waals surface area contributed by atoms with Crippen LogP contribution in [0.2, 0.25) is 5.02 Å². The van der Waals surface area contributed by atoms with E-state index in [0.717, 1.165) is 0 Å². The summed E-state index contributed by atoms with van der Waals surface area (Å²) in [5, 5.41) is 1.03. The Morgan fingerprint density at radius 2 is 2.13 bits per heavy atom. The predicted molar refractivity (Wildman–Crippen MR) is 59.4 cm³/mol. The molecule has 0 saturated carbocycles. The summed E-state index contributed by atoms with van der Waals surface area (Å²) < 4.78 is 0. The number of fused-ring (bicyclic) bond motifs is 1. The van der Waals surface area contributed by atoms with Gasteiger partial charge in [0.2, 0.25) is 0 Å². The van der Waals surface area contributed by atoms with E-state index in [4.69, 9.17) is 17.3 Å². The fourth-order valence-corrected chi connectivity index (χ4v) is 1.60. The zero-order valence-electron chi connectivity index (χ0n) is 7.58. The Kier molecular flexibility index (Phi) is 2.21. The summed E-state index contributed by atoms with van der Waals surface area (Å²) in [4.78, 5) is 24.7. The highest BCUT2D eigenvalue weighted by molar-refractivity contribution is 6.31. The monoisotopic (exact) mass is 222 g/mol. The van der Waals surface area contributed by atoms with Crippen molar-refractivity contribution in [3.05, 3.63) is 39.1 Å². The van der Waals surface area contributed by atoms with Gasteiger partial charge in [-0.2, -0.15) is 0 Å². The molecule has 0 atom stereocenters. The molecule has 76 valence electrons. The molecule has 0 aliphatic rings. The third-order valence-corrected chi connectivity index (χ3v) is 2.41. The molecule has 5 heteroatoms. The number of aromatic nitrogens is 1. The molecule has 3 N–H and O–H groups in total. The number of nitrogens with two attached hydrogens (primary N) is 1. The average Bonchev–Trinajstić information content (AvgIpc) is 2.21. The number of benzene rings is 1. The summed E-state index contributed by atoms with van der Waals surface area (Å²) in [6, 6.07) is 4.85. The number of carbonyl (C=O) groups excluding carboxylic acids is 1. The fourth-order valence-electron chi connectivity index (χ4n) is 1.43. The van der Waals surface area contributed by atoms with Crippen molar-refractivity contribution >= 4 is 34.5 Å². The minimum atomic E-state index is -0.466. The Balaban J connectivity index is 3.02. The molecule has 2 aromatic rings. The lowest BCUT2D eigenvalue weighted by Gasteiger charge is -2.03. The van der Waals surface area contributed by atoms with Gasteiger partial charge >= 0.3 is 0 Å². The normalized spacial score (nSPS) is 10.5. The van der Waals surface area contributed by atoms with E-state index < -0.39 is 5.56 Å². The van der Waals surface area contributed by atoms with Crippen molar-refractivity contribution < 1.29 is 4.79 Å². The first-order valence-corrected chi connectivity index (χ1v) is 4.57. The van der Waals surface area contributed by atoms with Crippen LogP contribution < -0.4 is 11.3 Å². The van der Waals surface area contributed by atoms with Crippen molar-refractivity contribution in [2.24, 2.45) is 0 Å². The van der Waals surface area contributed by atoms with Crippen LogP contribution in [-0.2, 0) is 0 Å². The maximum Gasteiger partial charge on any atom is 0.272 e. The van der Waals surface area contributed by atoms with E-state index in [0.29, 0.717) is 22.2 Å². The van der Waals surface area contributed by atoms with E-state index in [1.54, 1.807) is 18.2 Å². The summed E-state index contributed by atoms with van der Waals surface area (Å²) in [6.07, 6.45) is 0.559. The highest BCUT2D eigenvalue weighted by atomic mass is 35.5. The van der Waals surface area contributed by atoms with Gasteiger partial charge in [-0.3, -0.25) is 9.59 Å². The lowest BCUT2D eigenvalue weighted by molar-refractivity contribution is 0.112. The smallest absolute Gasteiger partial charge is 0.272 e. The van der Waals surface area contributed by atoms with Crippen LogP contribution in [0.3, 0.4) is 0 Å². The second kappa shape index (κ2) is 3.40. The van der Waals surface area contributed by atoms with Crippen molar-refractivity contribution in [1.29, 1.82) is 0 Å². The molecule has 2 rings (SSSR count). The lowest BCUT2D eigenvalue weighted by atomic mass is 10.1. The summed E-state index contributed by atoms with van der Waals surface area (Å²) in [5.74, 6) is 0. The molecule has 0 bridgehead atoms. The maximum atomic E-state index is 11.3. The van der Waals surface area contributed by atoms with Crippen molar-refractivity contribution in [3.63, 3.8) is 0 Å². The number of anilines is 1. The molecule has 1 heterocycles. The zero-order valence-corrected chi connectivity index (χ0v) is 8.34. The van der Waals surface area contributed by atoms with Crippen LogP contribution in [0.1, 0.15) is 10.4 Å². The van der Waals surface area contributed by atoms with Gasteiger partial charge in [-0.25, -0.2) is 0 Å². The van der Waals surface area contributed by atoms with Crippen LogP contribution in [0, 0.1) is 0 Å². The molecule has 0 radical (unpaired) electrons. The number of hydrogen-bond donors (Lipinski definition) is 2. The standard InChI is InChI=1S/C10H7ClN2O2/c11-5-1-2-8-6(3-5)7(4-14)9(12)10(15)13-8/h1-4H,12H2,(H,13,15). The molecule has 0 aliphatic heterocycles. The number of aldehydes is 1. The van der Waals surface area contributed by atoms with E-state index in [-0.39, 0.29) is 11.3 Å². The van der Waals surface area contributed by atoms with Crippen molar-refractivity contribution in [2.45, 2.75) is 0 Å². The first-order chi connectivity index (χ1) is 7.13. The Labute approximate surface area is 89.7 Å². The third kappa shape index (κ3) is 1.49. The van der Waals surface area contributed by atoms with Crippen LogP contribution >= 0.6 is 11.6 Å². The number of pyridine rings is 1. The third-order valence-electron chi connectivity index (χ3n) is 2.17. The van der Waals surface area contributed by atoms with Gasteiger partial charge in [-0.1, -0.05) is 11.6 Å². The van der Waals surface area contributed by atoms with Gasteiger partial charge in [-0.15, -0.1) is 0 Å². The lowest BCUT2D eigenvalue weighted by Crippen LogP contribution is -2.14. The molecule has 0 amide bonds. The van der Waals surface area contributed by atoms with Gasteiger partial charge in [0.1, 0.15) is 5.69 Å². The van der Waals surface area contributed by atoms with Gasteiger partial charge in [0.15, 0.2) is 6.29 Å². The van der Waals surface area contributed by atoms with E-state index >= 15 is 0 Å². The summed E-state index contributed by atoms with van der Waals surface area (Å²) in [5.41, 5.74) is 5.66. The largest absolute Gasteiger partial charge is 0.394 e. The Bertz CT molecular complexity index is 604. The first kappa shape index (κ1) is 9.73. The van der Waals surface area contributed by atoms with E-state index in [1.165, 1.54) is 0 Å². The second-order valence-electron chi connectivity index (χ2n) is 3.09. The van der Waals surface area contributed by atoms with E-state index in [9.17, 15) is 9.59 Å². The Hall–Kier alpha value is -1.81. The molecule has 0 fully saturated rings. The Morgan fingerprint density at radius 3 is 2.80 bits per heavy atom. The van der Waals surface area contributed by atoms with Crippen LogP contribution in [-0.4, -0.2) is 11.3 Å². The summed E-state index contributed by atoms with van der Waals surface area (Å²) >= 11 is 5.79. The van der Waals surface area contributed by atoms with E-state index in [1.807, 2.05) is 0 Å². The van der Waals surface area contributed by atoms with Gasteiger partial charge < -0.3 is 10.7 Å². The Morgan fingerprint density at radius 1 is 1.40 bits per heavy atom. The zero-order chi connectivity index (χ0) is 11.0. The highest BCUT2D eigenvalue weighted by Gasteiger charge is 2.08. The number of H-pyrrole nitrogens is 1. The van der Waals surface area contributed by atoms with Gasteiger partial charge in [0.25, 0.3) is 5.56 Å². The highest BCUT2D eigenvalue weighted by Crippen LogP contribution is 2.21. The van der Waals surface area contributed by atoms with E-state index in [2.05, 4.69) is 4.98 Å². The van der Waals surface area contributed by atoms with Crippen LogP contribution in [0.4, 0.5) is 5.69 Å². The molecular formula is C10H7ClN2O2. The summed E-state index contributed by atoms with van der Waals surface area (Å²) in [7, 11) is 0. The number of hydrogen-bond acceptors (Lipinski definition) is 3. The topological polar surface area (TPSA) is 76.0 Å². The second-order valence-corrected chi connectivity index (χ2v) is 3.53. The number of halogens is 1.